The SMILES string of the molecule is Cc1cc(C)c(NC(=O)COc2ccc(F)c3c2C(=O)CC3C)c(C)c1. The monoisotopic (exact) mass is 355 g/mol. The fourth-order valence-electron chi connectivity index (χ4n) is 3.64. The predicted octanol–water partition coefficient (Wildman–Crippen LogP) is 4.46. The Labute approximate surface area is 152 Å². The van der Waals surface area contributed by atoms with Gasteiger partial charge in [0.2, 0.25) is 0 Å². The molecule has 0 aromatic heterocycles. The first-order valence-electron chi connectivity index (χ1n) is 8.64. The van der Waals surface area contributed by atoms with E-state index >= 15 is 0 Å². The number of amides is 1. The molecule has 2 aromatic carbocycles. The summed E-state index contributed by atoms with van der Waals surface area (Å²) in [5.41, 5.74) is 4.50. The van der Waals surface area contributed by atoms with Gasteiger partial charge in [0.1, 0.15) is 11.6 Å². The second kappa shape index (κ2) is 6.90. The molecule has 0 aliphatic heterocycles. The van der Waals surface area contributed by atoms with Crippen LogP contribution in [0.15, 0.2) is 24.3 Å². The standard InChI is InChI=1S/C21H22FNO3/c1-11-7-13(3)21(14(4)8-11)23-18(25)10-26-17-6-5-15(22)19-12(2)9-16(24)20(17)19/h5-8,12H,9-10H2,1-4H3,(H,23,25). The van der Waals surface area contributed by atoms with Crippen molar-refractivity contribution >= 4 is 17.4 Å². The molecule has 1 atom stereocenters. The molecule has 2 aromatic rings. The first-order chi connectivity index (χ1) is 12.3. The summed E-state index contributed by atoms with van der Waals surface area (Å²) in [5, 5.41) is 2.85. The van der Waals surface area contributed by atoms with Crippen molar-refractivity contribution in [3.63, 3.8) is 0 Å². The van der Waals surface area contributed by atoms with Gasteiger partial charge in [-0.15, -0.1) is 0 Å². The molecule has 3 rings (SSSR count). The van der Waals surface area contributed by atoms with Crippen molar-refractivity contribution in [2.45, 2.75) is 40.0 Å². The zero-order valence-corrected chi connectivity index (χ0v) is 15.4. The van der Waals surface area contributed by atoms with Gasteiger partial charge in [-0.05, 0) is 49.9 Å². The molecule has 0 bridgehead atoms. The Morgan fingerprint density at radius 3 is 2.54 bits per heavy atom. The highest BCUT2D eigenvalue weighted by Gasteiger charge is 2.32. The predicted molar refractivity (Wildman–Crippen MR) is 98.5 cm³/mol. The second-order valence-corrected chi connectivity index (χ2v) is 6.97. The molecule has 136 valence electrons. The van der Waals surface area contributed by atoms with Gasteiger partial charge >= 0.3 is 0 Å². The number of rotatable bonds is 4. The van der Waals surface area contributed by atoms with Crippen molar-refractivity contribution in [3.05, 3.63) is 57.9 Å². The van der Waals surface area contributed by atoms with E-state index in [0.717, 1.165) is 22.4 Å². The minimum Gasteiger partial charge on any atom is -0.483 e. The molecule has 0 fully saturated rings. The van der Waals surface area contributed by atoms with Crippen LogP contribution in [-0.4, -0.2) is 18.3 Å². The summed E-state index contributed by atoms with van der Waals surface area (Å²) in [6.07, 6.45) is 0.264. The lowest BCUT2D eigenvalue weighted by atomic mass is 10.0. The number of benzene rings is 2. The molecule has 1 N–H and O–H groups in total. The Hall–Kier alpha value is -2.69. The van der Waals surface area contributed by atoms with Crippen LogP contribution in [0.4, 0.5) is 10.1 Å². The van der Waals surface area contributed by atoms with Gasteiger partial charge in [-0.2, -0.15) is 0 Å². The van der Waals surface area contributed by atoms with E-state index in [1.165, 1.54) is 12.1 Å². The summed E-state index contributed by atoms with van der Waals surface area (Å²) in [6.45, 7) is 7.44. The number of carbonyl (C=O) groups is 2. The minimum absolute atomic E-state index is 0.146. The van der Waals surface area contributed by atoms with Gasteiger partial charge in [0.05, 0.1) is 5.56 Å². The van der Waals surface area contributed by atoms with E-state index in [4.69, 9.17) is 4.74 Å². The molecule has 1 aliphatic rings. The maximum atomic E-state index is 14.0. The number of ether oxygens (including phenoxy) is 1. The van der Waals surface area contributed by atoms with E-state index < -0.39 is 5.82 Å². The van der Waals surface area contributed by atoms with Crippen molar-refractivity contribution in [1.29, 1.82) is 0 Å². The topological polar surface area (TPSA) is 55.4 Å². The van der Waals surface area contributed by atoms with Crippen LogP contribution >= 0.6 is 0 Å². The molecule has 5 heteroatoms. The number of halogens is 1. The van der Waals surface area contributed by atoms with Gasteiger partial charge in [-0.1, -0.05) is 24.6 Å². The largest absolute Gasteiger partial charge is 0.483 e. The average molecular weight is 355 g/mol. The second-order valence-electron chi connectivity index (χ2n) is 6.97. The summed E-state index contributed by atoms with van der Waals surface area (Å²) >= 11 is 0. The van der Waals surface area contributed by atoms with E-state index in [1.54, 1.807) is 0 Å². The van der Waals surface area contributed by atoms with Gasteiger partial charge in [0.25, 0.3) is 5.91 Å². The maximum absolute atomic E-state index is 14.0. The van der Waals surface area contributed by atoms with E-state index in [0.29, 0.717) is 5.56 Å². The number of nitrogens with one attached hydrogen (secondary N) is 1. The number of anilines is 1. The molecule has 0 radical (unpaired) electrons. The Kier molecular flexibility index (Phi) is 4.81. The third kappa shape index (κ3) is 3.34. The van der Waals surface area contributed by atoms with Crippen LogP contribution in [0, 0.1) is 26.6 Å². The Bertz CT molecular complexity index is 881. The fourth-order valence-corrected chi connectivity index (χ4v) is 3.64. The number of fused-ring (bicyclic) bond motifs is 1. The third-order valence-electron chi connectivity index (χ3n) is 4.72. The fraction of sp³-hybridized carbons (Fsp3) is 0.333. The van der Waals surface area contributed by atoms with Crippen molar-refractivity contribution < 1.29 is 18.7 Å². The van der Waals surface area contributed by atoms with Gasteiger partial charge in [0.15, 0.2) is 12.4 Å². The number of carbonyl (C=O) groups excluding carboxylic acids is 2. The zero-order chi connectivity index (χ0) is 19.0. The highest BCUT2D eigenvalue weighted by Crippen LogP contribution is 2.39. The lowest BCUT2D eigenvalue weighted by molar-refractivity contribution is -0.118. The van der Waals surface area contributed by atoms with Crippen molar-refractivity contribution in [3.8, 4) is 5.75 Å². The molecule has 1 amide bonds. The molecule has 0 spiro atoms. The Balaban J connectivity index is 1.75. The highest BCUT2D eigenvalue weighted by molar-refractivity contribution is 6.04. The number of hydrogen-bond donors (Lipinski definition) is 1. The van der Waals surface area contributed by atoms with E-state index in [1.807, 2.05) is 39.8 Å². The van der Waals surface area contributed by atoms with Gasteiger partial charge in [-0.25, -0.2) is 4.39 Å². The molecule has 1 unspecified atom stereocenters. The van der Waals surface area contributed by atoms with E-state index in [9.17, 15) is 14.0 Å². The Morgan fingerprint density at radius 2 is 1.88 bits per heavy atom. The quantitative estimate of drug-likeness (QED) is 0.881. The van der Waals surface area contributed by atoms with Gasteiger partial charge < -0.3 is 10.1 Å². The molecular formula is C21H22FNO3. The summed E-state index contributed by atoms with van der Waals surface area (Å²) in [5.74, 6) is -0.777. The molecule has 4 nitrogen and oxygen atoms in total. The van der Waals surface area contributed by atoms with Crippen molar-refractivity contribution in [2.24, 2.45) is 0 Å². The van der Waals surface area contributed by atoms with Crippen molar-refractivity contribution in [1.82, 2.24) is 0 Å². The van der Waals surface area contributed by atoms with E-state index in [2.05, 4.69) is 5.32 Å². The zero-order valence-electron chi connectivity index (χ0n) is 15.4. The summed E-state index contributed by atoms with van der Waals surface area (Å²) in [7, 11) is 0. The van der Waals surface area contributed by atoms with Crippen LogP contribution in [0.1, 0.15) is 51.9 Å². The summed E-state index contributed by atoms with van der Waals surface area (Å²) < 4.78 is 19.6. The molecular weight excluding hydrogens is 333 g/mol. The average Bonchev–Trinajstić information content (AvgIpc) is 2.86. The molecule has 26 heavy (non-hydrogen) atoms. The Morgan fingerprint density at radius 1 is 1.23 bits per heavy atom. The van der Waals surface area contributed by atoms with Gasteiger partial charge in [-0.3, -0.25) is 9.59 Å². The minimum atomic E-state index is -0.402. The van der Waals surface area contributed by atoms with Crippen LogP contribution < -0.4 is 10.1 Å². The molecule has 0 saturated carbocycles. The smallest absolute Gasteiger partial charge is 0.262 e. The normalized spacial score (nSPS) is 15.7. The molecule has 0 heterocycles. The number of Topliss-reactive ketones (excluding diaryl/α,β-unsaturated/α-hetero) is 1. The molecule has 1 aliphatic carbocycles. The maximum Gasteiger partial charge on any atom is 0.262 e. The van der Waals surface area contributed by atoms with Crippen molar-refractivity contribution in [2.75, 3.05) is 11.9 Å². The van der Waals surface area contributed by atoms with Crippen LogP contribution in [0.5, 0.6) is 5.75 Å². The first-order valence-corrected chi connectivity index (χ1v) is 8.64. The van der Waals surface area contributed by atoms with Crippen LogP contribution in [-0.2, 0) is 4.79 Å². The highest BCUT2D eigenvalue weighted by atomic mass is 19.1. The number of ketones is 1. The van der Waals surface area contributed by atoms with E-state index in [-0.39, 0.29) is 41.9 Å². The number of aryl methyl sites for hydroxylation is 3. The lowest BCUT2D eigenvalue weighted by Gasteiger charge is -2.14. The van der Waals surface area contributed by atoms with Crippen LogP contribution in [0.2, 0.25) is 0 Å². The van der Waals surface area contributed by atoms with Crippen LogP contribution in [0.25, 0.3) is 0 Å². The number of hydrogen-bond acceptors (Lipinski definition) is 3. The summed E-state index contributed by atoms with van der Waals surface area (Å²) in [4.78, 5) is 24.5. The first kappa shape index (κ1) is 18.1. The lowest BCUT2D eigenvalue weighted by Crippen LogP contribution is -2.22. The van der Waals surface area contributed by atoms with Crippen LogP contribution in [0.3, 0.4) is 0 Å². The molecule has 0 saturated heterocycles. The summed E-state index contributed by atoms with van der Waals surface area (Å²) in [6, 6.07) is 6.70. The third-order valence-corrected chi connectivity index (χ3v) is 4.72. The van der Waals surface area contributed by atoms with Gasteiger partial charge in [0, 0.05) is 17.7 Å².